The van der Waals surface area contributed by atoms with Crippen molar-refractivity contribution in [3.63, 3.8) is 0 Å². The Morgan fingerprint density at radius 3 is 2.54 bits per heavy atom. The Labute approximate surface area is 152 Å². The number of carboxylic acid groups (broad SMARTS) is 1. The van der Waals surface area contributed by atoms with Crippen molar-refractivity contribution >= 4 is 17.5 Å². The zero-order valence-corrected chi connectivity index (χ0v) is 14.6. The van der Waals surface area contributed by atoms with E-state index in [1.54, 1.807) is 6.07 Å². The fraction of sp³-hybridized carbons (Fsp3) is 0.316. The van der Waals surface area contributed by atoms with E-state index in [-0.39, 0.29) is 11.4 Å². The predicted octanol–water partition coefficient (Wildman–Crippen LogP) is 2.05. The van der Waals surface area contributed by atoms with Gasteiger partial charge in [-0.15, -0.1) is 0 Å². The van der Waals surface area contributed by atoms with Crippen LogP contribution in [-0.2, 0) is 0 Å². The van der Waals surface area contributed by atoms with Crippen LogP contribution in [-0.4, -0.2) is 57.5 Å². The third-order valence-corrected chi connectivity index (χ3v) is 4.61. The van der Waals surface area contributed by atoms with Crippen LogP contribution in [0.25, 0.3) is 0 Å². The van der Waals surface area contributed by atoms with E-state index in [1.165, 1.54) is 12.3 Å². The van der Waals surface area contributed by atoms with Crippen molar-refractivity contribution in [1.82, 2.24) is 9.88 Å². The first kappa shape index (κ1) is 18.0. The second kappa shape index (κ2) is 7.63. The number of nitrogens with zero attached hydrogens (tertiary/aromatic N) is 3. The number of likely N-dealkylation sites (tertiary alicyclic amines) is 1. The van der Waals surface area contributed by atoms with E-state index in [0.29, 0.717) is 18.6 Å². The summed E-state index contributed by atoms with van der Waals surface area (Å²) in [6.45, 7) is 1.51. The fourth-order valence-electron chi connectivity index (χ4n) is 3.03. The quantitative estimate of drug-likeness (QED) is 0.562. The summed E-state index contributed by atoms with van der Waals surface area (Å²) in [6.07, 6.45) is 2.59. The molecule has 3 N–H and O–H groups in total. The summed E-state index contributed by atoms with van der Waals surface area (Å²) in [5.41, 5.74) is 2.98. The second-order valence-electron chi connectivity index (χ2n) is 6.48. The number of carboxylic acids is 1. The van der Waals surface area contributed by atoms with Gasteiger partial charge in [0.25, 0.3) is 0 Å². The molecule has 1 saturated heterocycles. The van der Waals surface area contributed by atoms with E-state index in [4.69, 9.17) is 0 Å². The molecule has 0 saturated carbocycles. The number of anilines is 1. The van der Waals surface area contributed by atoms with E-state index in [1.807, 2.05) is 37.4 Å². The van der Waals surface area contributed by atoms with Gasteiger partial charge < -0.3 is 15.1 Å². The molecule has 1 aromatic carbocycles. The normalized spacial score (nSPS) is 17.7. The summed E-state index contributed by atoms with van der Waals surface area (Å²) >= 11 is 0. The molecule has 136 valence electrons. The minimum Gasteiger partial charge on any atom is -0.478 e. The number of pyridine rings is 1. The van der Waals surface area contributed by atoms with Gasteiger partial charge in [-0.2, -0.15) is 5.10 Å². The van der Waals surface area contributed by atoms with Gasteiger partial charge in [-0.25, -0.2) is 9.78 Å². The lowest BCUT2D eigenvalue weighted by molar-refractivity contribution is 0.0441. The lowest BCUT2D eigenvalue weighted by atomic mass is 9.83. The largest absolute Gasteiger partial charge is 0.478 e. The third-order valence-electron chi connectivity index (χ3n) is 4.61. The van der Waals surface area contributed by atoms with E-state index in [0.717, 1.165) is 18.7 Å². The molecule has 7 nitrogen and oxygen atoms in total. The van der Waals surface area contributed by atoms with Gasteiger partial charge in [-0.1, -0.05) is 30.3 Å². The molecule has 26 heavy (non-hydrogen) atoms. The molecule has 0 aliphatic carbocycles. The highest BCUT2D eigenvalue weighted by atomic mass is 16.4. The predicted molar refractivity (Wildman–Crippen MR) is 99.5 cm³/mol. The molecule has 7 heteroatoms. The number of rotatable bonds is 5. The van der Waals surface area contributed by atoms with Crippen LogP contribution in [0.3, 0.4) is 0 Å². The monoisotopic (exact) mass is 354 g/mol. The van der Waals surface area contributed by atoms with Crippen molar-refractivity contribution in [3.8, 4) is 0 Å². The van der Waals surface area contributed by atoms with Crippen molar-refractivity contribution in [2.24, 2.45) is 5.10 Å². The molecule has 1 aliphatic rings. The highest BCUT2D eigenvalue weighted by Gasteiger charge is 2.37. The number of hydrazone groups is 1. The van der Waals surface area contributed by atoms with Crippen LogP contribution in [0.5, 0.6) is 0 Å². The third kappa shape index (κ3) is 3.89. The highest BCUT2D eigenvalue weighted by Crippen LogP contribution is 2.27. The van der Waals surface area contributed by atoms with E-state index < -0.39 is 11.6 Å². The minimum absolute atomic E-state index is 0.0269. The average Bonchev–Trinajstić information content (AvgIpc) is 2.65. The molecule has 0 radical (unpaired) electrons. The molecule has 0 spiro atoms. The minimum atomic E-state index is -1.09. The van der Waals surface area contributed by atoms with Crippen molar-refractivity contribution in [2.75, 3.05) is 25.6 Å². The number of carbonyl (C=O) groups is 1. The maximum absolute atomic E-state index is 11.4. The van der Waals surface area contributed by atoms with Crippen LogP contribution in [0.4, 0.5) is 5.82 Å². The Kier molecular flexibility index (Phi) is 5.29. The Bertz CT molecular complexity index is 799. The lowest BCUT2D eigenvalue weighted by Crippen LogP contribution is -2.49. The molecule has 2 heterocycles. The maximum atomic E-state index is 11.4. The number of benzene rings is 1. The van der Waals surface area contributed by atoms with Crippen LogP contribution < -0.4 is 5.43 Å². The molecule has 3 rings (SSSR count). The number of aliphatic hydroxyl groups is 1. The SMILES string of the molecule is CN1CCC(O)(/C(=N\Nc2ncccc2C(=O)O)c2ccccc2)CC1. The molecule has 0 amide bonds. The summed E-state index contributed by atoms with van der Waals surface area (Å²) in [6, 6.07) is 12.4. The van der Waals surface area contributed by atoms with E-state index >= 15 is 0 Å². The Morgan fingerprint density at radius 1 is 1.19 bits per heavy atom. The Balaban J connectivity index is 1.97. The first-order valence-corrected chi connectivity index (χ1v) is 8.48. The number of nitrogens with one attached hydrogen (secondary N) is 1. The van der Waals surface area contributed by atoms with Crippen molar-refractivity contribution in [2.45, 2.75) is 18.4 Å². The van der Waals surface area contributed by atoms with Gasteiger partial charge in [0, 0.05) is 24.8 Å². The summed E-state index contributed by atoms with van der Waals surface area (Å²) in [4.78, 5) is 17.6. The van der Waals surface area contributed by atoms with Gasteiger partial charge in [-0.05, 0) is 32.0 Å². The fourth-order valence-corrected chi connectivity index (χ4v) is 3.03. The van der Waals surface area contributed by atoms with Crippen molar-refractivity contribution in [3.05, 3.63) is 59.8 Å². The van der Waals surface area contributed by atoms with Crippen LogP contribution >= 0.6 is 0 Å². The number of hydrogen-bond donors (Lipinski definition) is 3. The van der Waals surface area contributed by atoms with Crippen molar-refractivity contribution < 1.29 is 15.0 Å². The van der Waals surface area contributed by atoms with Gasteiger partial charge in [-0.3, -0.25) is 5.43 Å². The summed E-state index contributed by atoms with van der Waals surface area (Å²) in [5.74, 6) is -0.944. The van der Waals surface area contributed by atoms with Gasteiger partial charge in [0.2, 0.25) is 0 Å². The molecular formula is C19H22N4O3. The summed E-state index contributed by atoms with van der Waals surface area (Å²) in [5, 5.41) is 24.9. The van der Waals surface area contributed by atoms with E-state index in [2.05, 4.69) is 20.4 Å². The average molecular weight is 354 g/mol. The Hall–Kier alpha value is -2.77. The molecule has 2 aromatic rings. The number of aromatic carboxylic acids is 1. The summed E-state index contributed by atoms with van der Waals surface area (Å²) in [7, 11) is 2.02. The molecule has 1 fully saturated rings. The molecule has 1 aliphatic heterocycles. The number of aromatic nitrogens is 1. The molecule has 1 aromatic heterocycles. The maximum Gasteiger partial charge on any atom is 0.339 e. The topological polar surface area (TPSA) is 98.0 Å². The zero-order chi connectivity index (χ0) is 18.6. The first-order valence-electron chi connectivity index (χ1n) is 8.48. The standard InChI is InChI=1S/C19H22N4O3/c1-23-12-9-19(26,10-13-23)16(14-6-3-2-4-7-14)21-22-17-15(18(24)25)8-5-11-20-17/h2-8,11,26H,9-10,12-13H2,1H3,(H,20,22)(H,24,25)/b21-16-. The second-order valence-corrected chi connectivity index (χ2v) is 6.48. The lowest BCUT2D eigenvalue weighted by Gasteiger charge is -2.37. The molecule has 0 atom stereocenters. The van der Waals surface area contributed by atoms with Crippen LogP contribution in [0, 0.1) is 0 Å². The molecular weight excluding hydrogens is 332 g/mol. The number of piperidine rings is 1. The number of hydrogen-bond acceptors (Lipinski definition) is 6. The van der Waals surface area contributed by atoms with Crippen LogP contribution in [0.15, 0.2) is 53.8 Å². The van der Waals surface area contributed by atoms with Gasteiger partial charge in [0.05, 0.1) is 5.71 Å². The molecule has 0 bridgehead atoms. The highest BCUT2D eigenvalue weighted by molar-refractivity contribution is 6.07. The zero-order valence-electron chi connectivity index (χ0n) is 14.6. The van der Waals surface area contributed by atoms with Crippen LogP contribution in [0.1, 0.15) is 28.8 Å². The first-order chi connectivity index (χ1) is 12.5. The summed E-state index contributed by atoms with van der Waals surface area (Å²) < 4.78 is 0. The Morgan fingerprint density at radius 2 is 1.88 bits per heavy atom. The van der Waals surface area contributed by atoms with Gasteiger partial charge >= 0.3 is 5.97 Å². The van der Waals surface area contributed by atoms with Gasteiger partial charge in [0.15, 0.2) is 5.82 Å². The van der Waals surface area contributed by atoms with Crippen molar-refractivity contribution in [1.29, 1.82) is 0 Å². The van der Waals surface area contributed by atoms with E-state index in [9.17, 15) is 15.0 Å². The smallest absolute Gasteiger partial charge is 0.339 e. The van der Waals surface area contributed by atoms with Gasteiger partial charge in [0.1, 0.15) is 11.2 Å². The molecule has 0 unspecified atom stereocenters. The van der Waals surface area contributed by atoms with Crippen LogP contribution in [0.2, 0.25) is 0 Å².